The maximum Gasteiger partial charge on any atom is 0.234 e. The van der Waals surface area contributed by atoms with Crippen LogP contribution in [0.3, 0.4) is 0 Å². The fourth-order valence-corrected chi connectivity index (χ4v) is 4.09. The van der Waals surface area contributed by atoms with Crippen LogP contribution in [0, 0.1) is 12.8 Å². The molecule has 29 heavy (non-hydrogen) atoms. The van der Waals surface area contributed by atoms with Crippen LogP contribution in [-0.4, -0.2) is 77.7 Å². The van der Waals surface area contributed by atoms with Gasteiger partial charge in [0.15, 0.2) is 0 Å². The normalized spacial score (nSPS) is 22.8. The number of piperazine rings is 1. The second kappa shape index (κ2) is 8.53. The van der Waals surface area contributed by atoms with E-state index in [1.807, 2.05) is 36.1 Å². The molecule has 1 unspecified atom stereocenters. The summed E-state index contributed by atoms with van der Waals surface area (Å²) in [5.41, 5.74) is 2.29. The highest BCUT2D eigenvalue weighted by molar-refractivity contribution is 5.89. The molecule has 1 atom stereocenters. The molecule has 4 rings (SSSR count). The number of aryl methyl sites for hydroxylation is 1. The third kappa shape index (κ3) is 5.15. The van der Waals surface area contributed by atoms with Gasteiger partial charge in [-0.05, 0) is 25.3 Å². The molecule has 1 saturated carbocycles. The van der Waals surface area contributed by atoms with Gasteiger partial charge in [0.1, 0.15) is 0 Å². The topological polar surface area (TPSA) is 73.0 Å². The van der Waals surface area contributed by atoms with Crippen LogP contribution in [0.5, 0.6) is 0 Å². The number of nitrogens with one attached hydrogen (secondary N) is 1. The Hall–Kier alpha value is -2.41. The largest absolute Gasteiger partial charge is 0.352 e. The molecule has 0 aromatic heterocycles. The minimum absolute atomic E-state index is 0.0549. The van der Waals surface area contributed by atoms with Crippen molar-refractivity contribution < 1.29 is 14.4 Å². The summed E-state index contributed by atoms with van der Waals surface area (Å²) in [6.07, 6.45) is 2.48. The van der Waals surface area contributed by atoms with Crippen molar-refractivity contribution in [2.75, 3.05) is 39.3 Å². The van der Waals surface area contributed by atoms with Crippen molar-refractivity contribution in [2.45, 2.75) is 38.8 Å². The summed E-state index contributed by atoms with van der Waals surface area (Å²) in [6, 6.07) is 8.55. The van der Waals surface area contributed by atoms with E-state index in [1.165, 1.54) is 5.56 Å². The summed E-state index contributed by atoms with van der Waals surface area (Å²) in [5.74, 6) is -0.0378. The van der Waals surface area contributed by atoms with Gasteiger partial charge in [0.2, 0.25) is 17.7 Å². The Morgan fingerprint density at radius 1 is 1.07 bits per heavy atom. The lowest BCUT2D eigenvalue weighted by atomic mass is 10.1. The molecule has 3 amide bonds. The first-order valence-corrected chi connectivity index (χ1v) is 10.6. The molecule has 2 aliphatic heterocycles. The summed E-state index contributed by atoms with van der Waals surface area (Å²) in [6.45, 7) is 6.16. The Morgan fingerprint density at radius 3 is 2.41 bits per heavy atom. The molecule has 3 aliphatic rings. The van der Waals surface area contributed by atoms with E-state index in [9.17, 15) is 14.4 Å². The second-order valence-electron chi connectivity index (χ2n) is 8.60. The predicted octanol–water partition coefficient (Wildman–Crippen LogP) is 0.766. The highest BCUT2D eigenvalue weighted by Crippen LogP contribution is 2.23. The van der Waals surface area contributed by atoms with Gasteiger partial charge in [-0.2, -0.15) is 0 Å². The summed E-state index contributed by atoms with van der Waals surface area (Å²) < 4.78 is 0. The molecule has 7 heteroatoms. The minimum atomic E-state index is -0.252. The van der Waals surface area contributed by atoms with Crippen LogP contribution in [0.4, 0.5) is 0 Å². The van der Waals surface area contributed by atoms with E-state index >= 15 is 0 Å². The molecule has 1 aromatic rings. The van der Waals surface area contributed by atoms with Crippen molar-refractivity contribution >= 4 is 17.7 Å². The Morgan fingerprint density at radius 2 is 1.76 bits per heavy atom. The zero-order valence-electron chi connectivity index (χ0n) is 17.1. The molecule has 3 fully saturated rings. The zero-order valence-corrected chi connectivity index (χ0v) is 17.1. The van der Waals surface area contributed by atoms with Gasteiger partial charge >= 0.3 is 0 Å². The predicted molar refractivity (Wildman–Crippen MR) is 109 cm³/mol. The van der Waals surface area contributed by atoms with Crippen LogP contribution in [0.2, 0.25) is 0 Å². The average molecular weight is 399 g/mol. The van der Waals surface area contributed by atoms with E-state index in [4.69, 9.17) is 0 Å². The SMILES string of the molecule is Cc1ccc(CN2CC(C(=O)N3CCN(CC(=O)NC4CC4)CC3)CC2=O)cc1. The van der Waals surface area contributed by atoms with E-state index in [0.29, 0.717) is 58.3 Å². The van der Waals surface area contributed by atoms with Crippen LogP contribution < -0.4 is 5.32 Å². The summed E-state index contributed by atoms with van der Waals surface area (Å²) in [7, 11) is 0. The fourth-order valence-electron chi connectivity index (χ4n) is 4.09. The van der Waals surface area contributed by atoms with Crippen molar-refractivity contribution in [1.82, 2.24) is 20.0 Å². The van der Waals surface area contributed by atoms with Crippen molar-refractivity contribution in [3.63, 3.8) is 0 Å². The molecule has 7 nitrogen and oxygen atoms in total. The minimum Gasteiger partial charge on any atom is -0.352 e. The van der Waals surface area contributed by atoms with Crippen molar-refractivity contribution in [3.05, 3.63) is 35.4 Å². The molecule has 0 radical (unpaired) electrons. The molecule has 0 spiro atoms. The number of carbonyl (C=O) groups is 3. The quantitative estimate of drug-likeness (QED) is 0.768. The number of likely N-dealkylation sites (tertiary alicyclic amines) is 1. The van der Waals surface area contributed by atoms with Crippen molar-refractivity contribution in [3.8, 4) is 0 Å². The first-order chi connectivity index (χ1) is 14.0. The Labute approximate surface area is 172 Å². The maximum atomic E-state index is 12.9. The molecule has 156 valence electrons. The van der Waals surface area contributed by atoms with Crippen LogP contribution in [0.15, 0.2) is 24.3 Å². The van der Waals surface area contributed by atoms with E-state index in [-0.39, 0.29) is 23.6 Å². The number of hydrogen-bond donors (Lipinski definition) is 1. The number of carbonyl (C=O) groups excluding carboxylic acids is 3. The number of hydrogen-bond acceptors (Lipinski definition) is 4. The molecule has 1 aliphatic carbocycles. The standard InChI is InChI=1S/C22H30N4O3/c1-16-2-4-17(5-3-16)13-26-14-18(12-21(26)28)22(29)25-10-8-24(9-11-25)15-20(27)23-19-6-7-19/h2-5,18-19H,6-15H2,1H3,(H,23,27). The molecule has 0 bridgehead atoms. The molecule has 2 heterocycles. The van der Waals surface area contributed by atoms with Gasteiger partial charge in [0, 0.05) is 51.7 Å². The Bertz CT molecular complexity index is 767. The molecular formula is C22H30N4O3. The second-order valence-corrected chi connectivity index (χ2v) is 8.60. The maximum absolute atomic E-state index is 12.9. The fraction of sp³-hybridized carbons (Fsp3) is 0.591. The zero-order chi connectivity index (χ0) is 20.4. The Kier molecular flexibility index (Phi) is 5.85. The lowest BCUT2D eigenvalue weighted by Gasteiger charge is -2.35. The first kappa shape index (κ1) is 19.9. The molecular weight excluding hydrogens is 368 g/mol. The monoisotopic (exact) mass is 398 g/mol. The van der Waals surface area contributed by atoms with Crippen molar-refractivity contribution in [2.24, 2.45) is 5.92 Å². The highest BCUT2D eigenvalue weighted by Gasteiger charge is 2.37. The third-order valence-corrected chi connectivity index (χ3v) is 6.05. The number of amides is 3. The summed E-state index contributed by atoms with van der Waals surface area (Å²) >= 11 is 0. The Balaban J connectivity index is 1.24. The van der Waals surface area contributed by atoms with Gasteiger partial charge in [0.05, 0.1) is 12.5 Å². The van der Waals surface area contributed by atoms with Gasteiger partial charge in [0.25, 0.3) is 0 Å². The van der Waals surface area contributed by atoms with Gasteiger partial charge in [-0.1, -0.05) is 29.8 Å². The smallest absolute Gasteiger partial charge is 0.234 e. The van der Waals surface area contributed by atoms with E-state index < -0.39 is 0 Å². The van der Waals surface area contributed by atoms with E-state index in [1.54, 1.807) is 4.90 Å². The van der Waals surface area contributed by atoms with Crippen LogP contribution >= 0.6 is 0 Å². The molecule has 1 aromatic carbocycles. The summed E-state index contributed by atoms with van der Waals surface area (Å²) in [4.78, 5) is 43.0. The van der Waals surface area contributed by atoms with Crippen LogP contribution in [0.1, 0.15) is 30.4 Å². The van der Waals surface area contributed by atoms with Crippen LogP contribution in [-0.2, 0) is 20.9 Å². The first-order valence-electron chi connectivity index (χ1n) is 10.6. The summed E-state index contributed by atoms with van der Waals surface area (Å²) in [5, 5.41) is 3.01. The van der Waals surface area contributed by atoms with E-state index in [0.717, 1.165) is 18.4 Å². The lowest BCUT2D eigenvalue weighted by molar-refractivity contribution is -0.137. The molecule has 1 N–H and O–H groups in total. The van der Waals surface area contributed by atoms with Gasteiger partial charge in [-0.3, -0.25) is 19.3 Å². The highest BCUT2D eigenvalue weighted by atomic mass is 16.2. The van der Waals surface area contributed by atoms with Gasteiger partial charge < -0.3 is 15.1 Å². The van der Waals surface area contributed by atoms with Crippen LogP contribution in [0.25, 0.3) is 0 Å². The molecule has 2 saturated heterocycles. The lowest BCUT2D eigenvalue weighted by Crippen LogP contribution is -2.52. The van der Waals surface area contributed by atoms with Crippen molar-refractivity contribution in [1.29, 1.82) is 0 Å². The van der Waals surface area contributed by atoms with Gasteiger partial charge in [-0.15, -0.1) is 0 Å². The number of rotatable bonds is 6. The van der Waals surface area contributed by atoms with Gasteiger partial charge in [-0.25, -0.2) is 0 Å². The average Bonchev–Trinajstić information content (AvgIpc) is 3.44. The number of benzene rings is 1. The van der Waals surface area contributed by atoms with E-state index in [2.05, 4.69) is 10.2 Å². The third-order valence-electron chi connectivity index (χ3n) is 6.05. The number of nitrogens with zero attached hydrogens (tertiary/aromatic N) is 3.